The predicted octanol–water partition coefficient (Wildman–Crippen LogP) is 2.35. The number of alkyl halides is 2. The van der Waals surface area contributed by atoms with E-state index in [4.69, 9.17) is 21.4 Å². The van der Waals surface area contributed by atoms with Gasteiger partial charge >= 0.3 is 5.97 Å². The van der Waals surface area contributed by atoms with Crippen molar-refractivity contribution in [3.63, 3.8) is 0 Å². The lowest BCUT2D eigenvalue weighted by Crippen LogP contribution is -2.31. The molecule has 2 aromatic carbocycles. The van der Waals surface area contributed by atoms with E-state index in [2.05, 4.69) is 5.43 Å². The molecule has 0 spiro atoms. The molecule has 0 radical (unpaired) electrons. The number of carboxylic acids is 1. The number of nitrogens with one attached hydrogen (secondary N) is 1. The van der Waals surface area contributed by atoms with E-state index in [9.17, 15) is 13.6 Å². The van der Waals surface area contributed by atoms with Gasteiger partial charge in [0.2, 0.25) is 5.88 Å². The van der Waals surface area contributed by atoms with E-state index in [1.54, 1.807) is 36.4 Å². The Bertz CT molecular complexity index is 744. The van der Waals surface area contributed by atoms with Crippen molar-refractivity contribution in [3.8, 4) is 16.9 Å². The minimum Gasteiger partial charge on any atom is -0.476 e. The van der Waals surface area contributed by atoms with Gasteiger partial charge in [0.25, 0.3) is 6.43 Å². The normalized spacial score (nSPS) is 11.8. The molecule has 0 aliphatic rings. The monoisotopic (exact) mass is 335 g/mol. The van der Waals surface area contributed by atoms with Crippen LogP contribution < -0.4 is 21.7 Å². The molecule has 24 heavy (non-hydrogen) atoms. The van der Waals surface area contributed by atoms with Crippen molar-refractivity contribution in [2.45, 2.75) is 6.43 Å². The summed E-state index contributed by atoms with van der Waals surface area (Å²) < 4.78 is 30.4. The van der Waals surface area contributed by atoms with Gasteiger partial charge in [-0.25, -0.2) is 19.4 Å². The summed E-state index contributed by atoms with van der Waals surface area (Å²) in [5.41, 5.74) is 8.32. The SMILES string of the molecule is NN/C(Oc1ccc(-c2ccc(C(F)F)cc2)cc1)=C(\N)C(=O)O. The second-order valence-corrected chi connectivity index (χ2v) is 4.74. The van der Waals surface area contributed by atoms with Crippen LogP contribution in [0.4, 0.5) is 8.78 Å². The van der Waals surface area contributed by atoms with Gasteiger partial charge in [0.05, 0.1) is 0 Å². The first-order chi connectivity index (χ1) is 11.4. The van der Waals surface area contributed by atoms with E-state index in [1.165, 1.54) is 12.1 Å². The van der Waals surface area contributed by atoms with Crippen molar-refractivity contribution in [3.05, 3.63) is 65.7 Å². The van der Waals surface area contributed by atoms with Gasteiger partial charge < -0.3 is 15.6 Å². The largest absolute Gasteiger partial charge is 0.476 e. The molecule has 126 valence electrons. The summed E-state index contributed by atoms with van der Waals surface area (Å²) in [6.07, 6.45) is -2.51. The zero-order valence-electron chi connectivity index (χ0n) is 12.4. The van der Waals surface area contributed by atoms with Crippen LogP contribution in [0.5, 0.6) is 5.75 Å². The third-order valence-corrected chi connectivity index (χ3v) is 3.18. The Labute approximate surface area is 136 Å². The Morgan fingerprint density at radius 1 is 1.04 bits per heavy atom. The fourth-order valence-corrected chi connectivity index (χ4v) is 1.91. The van der Waals surface area contributed by atoms with E-state index in [-0.39, 0.29) is 11.4 Å². The molecule has 2 aromatic rings. The van der Waals surface area contributed by atoms with Crippen molar-refractivity contribution in [1.82, 2.24) is 5.43 Å². The molecule has 0 fully saturated rings. The zero-order chi connectivity index (χ0) is 17.7. The number of halogens is 2. The maximum atomic E-state index is 12.5. The molecule has 2 rings (SSSR count). The van der Waals surface area contributed by atoms with Gasteiger partial charge in [0, 0.05) is 5.56 Å². The smallest absolute Gasteiger partial charge is 0.357 e. The summed E-state index contributed by atoms with van der Waals surface area (Å²) in [6.45, 7) is 0. The van der Waals surface area contributed by atoms with Gasteiger partial charge in [-0.15, -0.1) is 0 Å². The van der Waals surface area contributed by atoms with Crippen molar-refractivity contribution in [2.24, 2.45) is 11.6 Å². The molecule has 0 aliphatic carbocycles. The van der Waals surface area contributed by atoms with Crippen molar-refractivity contribution >= 4 is 5.97 Å². The highest BCUT2D eigenvalue weighted by molar-refractivity contribution is 5.85. The number of hydrogen-bond acceptors (Lipinski definition) is 5. The van der Waals surface area contributed by atoms with Gasteiger partial charge in [-0.3, -0.25) is 5.43 Å². The Kier molecular flexibility index (Phi) is 5.33. The quantitative estimate of drug-likeness (QED) is 0.279. The molecule has 0 unspecified atom stereocenters. The average Bonchev–Trinajstić information content (AvgIpc) is 2.59. The molecule has 0 amide bonds. The topological polar surface area (TPSA) is 111 Å². The molecular formula is C16H15F2N3O3. The third-order valence-electron chi connectivity index (χ3n) is 3.18. The van der Waals surface area contributed by atoms with Crippen LogP contribution in [-0.2, 0) is 4.79 Å². The molecule has 6 N–H and O–H groups in total. The summed E-state index contributed by atoms with van der Waals surface area (Å²) in [5.74, 6) is 3.82. The zero-order valence-corrected chi connectivity index (χ0v) is 12.4. The predicted molar refractivity (Wildman–Crippen MR) is 83.6 cm³/mol. The number of carboxylic acid groups (broad SMARTS) is 1. The lowest BCUT2D eigenvalue weighted by Gasteiger charge is -2.11. The van der Waals surface area contributed by atoms with Crippen LogP contribution in [0.25, 0.3) is 11.1 Å². The van der Waals surface area contributed by atoms with E-state index in [1.807, 2.05) is 0 Å². The second kappa shape index (κ2) is 7.42. The Hall–Kier alpha value is -3.13. The Balaban J connectivity index is 2.18. The van der Waals surface area contributed by atoms with E-state index < -0.39 is 18.1 Å². The van der Waals surface area contributed by atoms with Crippen molar-refractivity contribution in [1.29, 1.82) is 0 Å². The van der Waals surface area contributed by atoms with Gasteiger partial charge in [-0.1, -0.05) is 36.4 Å². The summed E-state index contributed by atoms with van der Waals surface area (Å²) in [4.78, 5) is 10.8. The van der Waals surface area contributed by atoms with Gasteiger partial charge in [0.1, 0.15) is 5.75 Å². The maximum Gasteiger partial charge on any atom is 0.357 e. The third kappa shape index (κ3) is 3.99. The van der Waals surface area contributed by atoms with Crippen LogP contribution in [0, 0.1) is 0 Å². The summed E-state index contributed by atoms with van der Waals surface area (Å²) >= 11 is 0. The molecule has 0 heterocycles. The fraction of sp³-hybridized carbons (Fsp3) is 0.0625. The van der Waals surface area contributed by atoms with Crippen LogP contribution >= 0.6 is 0 Å². The molecular weight excluding hydrogens is 320 g/mol. The van der Waals surface area contributed by atoms with Crippen molar-refractivity contribution < 1.29 is 23.4 Å². The van der Waals surface area contributed by atoms with Crippen LogP contribution in [-0.4, -0.2) is 11.1 Å². The first-order valence-electron chi connectivity index (χ1n) is 6.78. The van der Waals surface area contributed by atoms with E-state index >= 15 is 0 Å². The van der Waals surface area contributed by atoms with Gasteiger partial charge in [0.15, 0.2) is 5.70 Å². The number of carbonyl (C=O) groups is 1. The van der Waals surface area contributed by atoms with Gasteiger partial charge in [-0.05, 0) is 23.3 Å². The molecule has 0 saturated heterocycles. The molecule has 0 aromatic heterocycles. The maximum absolute atomic E-state index is 12.5. The minimum absolute atomic E-state index is 0.0494. The first-order valence-corrected chi connectivity index (χ1v) is 6.78. The van der Waals surface area contributed by atoms with Crippen LogP contribution in [0.15, 0.2) is 60.1 Å². The molecule has 8 heteroatoms. The second-order valence-electron chi connectivity index (χ2n) is 4.74. The number of benzene rings is 2. The number of rotatable bonds is 6. The molecule has 0 bridgehead atoms. The number of hydrazine groups is 1. The lowest BCUT2D eigenvalue weighted by atomic mass is 10.0. The highest BCUT2D eigenvalue weighted by Crippen LogP contribution is 2.26. The number of aliphatic carboxylic acids is 1. The number of nitrogens with two attached hydrogens (primary N) is 2. The van der Waals surface area contributed by atoms with E-state index in [0.29, 0.717) is 5.75 Å². The highest BCUT2D eigenvalue weighted by atomic mass is 19.3. The highest BCUT2D eigenvalue weighted by Gasteiger charge is 2.12. The Morgan fingerprint density at radius 2 is 1.54 bits per heavy atom. The fourth-order valence-electron chi connectivity index (χ4n) is 1.91. The molecule has 6 nitrogen and oxygen atoms in total. The van der Waals surface area contributed by atoms with E-state index in [0.717, 1.165) is 11.1 Å². The van der Waals surface area contributed by atoms with Crippen LogP contribution in [0.3, 0.4) is 0 Å². The minimum atomic E-state index is -2.51. The summed E-state index contributed by atoms with van der Waals surface area (Å²) in [7, 11) is 0. The van der Waals surface area contributed by atoms with Gasteiger partial charge in [-0.2, -0.15) is 0 Å². The average molecular weight is 335 g/mol. The number of hydrogen-bond donors (Lipinski definition) is 4. The molecule has 0 saturated carbocycles. The standard InChI is InChI=1S/C16H15F2N3O3/c17-14(18)11-3-1-9(2-4-11)10-5-7-12(8-6-10)24-15(21-20)13(19)16(22)23/h1-8,14,21H,19-20H2,(H,22,23)/b15-13+. The first kappa shape index (κ1) is 17.2. The lowest BCUT2D eigenvalue weighted by molar-refractivity contribution is -0.132. The summed E-state index contributed by atoms with van der Waals surface area (Å²) in [6, 6.07) is 12.4. The molecule has 0 aliphatic heterocycles. The van der Waals surface area contributed by atoms with Crippen LogP contribution in [0.2, 0.25) is 0 Å². The van der Waals surface area contributed by atoms with Crippen molar-refractivity contribution in [2.75, 3.05) is 0 Å². The number of ether oxygens (including phenoxy) is 1. The van der Waals surface area contributed by atoms with Crippen LogP contribution in [0.1, 0.15) is 12.0 Å². The summed E-state index contributed by atoms with van der Waals surface area (Å²) in [5, 5.41) is 8.80. The molecule has 0 atom stereocenters. The Morgan fingerprint density at radius 3 is 1.96 bits per heavy atom.